The van der Waals surface area contributed by atoms with E-state index in [4.69, 9.17) is 0 Å². The van der Waals surface area contributed by atoms with Crippen LogP contribution in [0.25, 0.3) is 0 Å². The Kier molecular flexibility index (Phi) is 1.95. The van der Waals surface area contributed by atoms with E-state index in [1.807, 2.05) is 0 Å². The standard InChI is InChI=1S/C11H20/c1-3-4-9-6-11(9)7-10-5-8(10)2/h8-11H,3-7H2,1-2H3. The van der Waals surface area contributed by atoms with Crippen molar-refractivity contribution in [3.63, 3.8) is 0 Å². The van der Waals surface area contributed by atoms with E-state index in [9.17, 15) is 0 Å². The Morgan fingerprint density at radius 2 is 1.82 bits per heavy atom. The lowest BCUT2D eigenvalue weighted by Gasteiger charge is -1.95. The van der Waals surface area contributed by atoms with Gasteiger partial charge in [-0.15, -0.1) is 0 Å². The van der Waals surface area contributed by atoms with E-state index in [2.05, 4.69) is 13.8 Å². The molecule has 0 aromatic heterocycles. The summed E-state index contributed by atoms with van der Waals surface area (Å²) in [6.45, 7) is 4.72. The molecule has 0 nitrogen and oxygen atoms in total. The van der Waals surface area contributed by atoms with Gasteiger partial charge in [-0.2, -0.15) is 0 Å². The van der Waals surface area contributed by atoms with Gasteiger partial charge in [-0.05, 0) is 42.9 Å². The number of hydrogen-bond donors (Lipinski definition) is 0. The van der Waals surface area contributed by atoms with Crippen LogP contribution >= 0.6 is 0 Å². The second-order valence-electron chi connectivity index (χ2n) is 4.75. The monoisotopic (exact) mass is 152 g/mol. The minimum atomic E-state index is 1.08. The highest BCUT2D eigenvalue weighted by molar-refractivity contribution is 4.93. The average Bonchev–Trinajstić information content (AvgIpc) is 2.80. The molecule has 2 fully saturated rings. The summed E-state index contributed by atoms with van der Waals surface area (Å²) in [6, 6.07) is 0. The molecule has 0 N–H and O–H groups in total. The van der Waals surface area contributed by atoms with Crippen LogP contribution in [0.2, 0.25) is 0 Å². The third-order valence-corrected chi connectivity index (χ3v) is 3.61. The summed E-state index contributed by atoms with van der Waals surface area (Å²) in [5.41, 5.74) is 0. The molecule has 2 saturated carbocycles. The van der Waals surface area contributed by atoms with Crippen molar-refractivity contribution in [2.75, 3.05) is 0 Å². The van der Waals surface area contributed by atoms with E-state index >= 15 is 0 Å². The molecule has 0 saturated heterocycles. The molecule has 0 aromatic carbocycles. The summed E-state index contributed by atoms with van der Waals surface area (Å²) in [6.07, 6.45) is 7.59. The van der Waals surface area contributed by atoms with Crippen LogP contribution in [-0.2, 0) is 0 Å². The lowest BCUT2D eigenvalue weighted by molar-refractivity contribution is 0.550. The van der Waals surface area contributed by atoms with Crippen LogP contribution in [0.4, 0.5) is 0 Å². The Morgan fingerprint density at radius 1 is 1.09 bits per heavy atom. The van der Waals surface area contributed by atoms with E-state index in [0.29, 0.717) is 0 Å². The number of hydrogen-bond acceptors (Lipinski definition) is 0. The highest BCUT2D eigenvalue weighted by Gasteiger charge is 2.42. The Bertz CT molecular complexity index is 139. The highest BCUT2D eigenvalue weighted by atomic mass is 14.5. The molecule has 4 atom stereocenters. The van der Waals surface area contributed by atoms with Gasteiger partial charge in [-0.1, -0.05) is 26.7 Å². The summed E-state index contributed by atoms with van der Waals surface area (Å²) < 4.78 is 0. The van der Waals surface area contributed by atoms with Gasteiger partial charge in [0.2, 0.25) is 0 Å². The molecule has 64 valence electrons. The van der Waals surface area contributed by atoms with Crippen molar-refractivity contribution in [1.29, 1.82) is 0 Å². The van der Waals surface area contributed by atoms with Gasteiger partial charge in [0.1, 0.15) is 0 Å². The maximum absolute atomic E-state index is 2.40. The first-order valence-corrected chi connectivity index (χ1v) is 5.31. The molecule has 0 heterocycles. The fourth-order valence-corrected chi connectivity index (χ4v) is 2.44. The summed E-state index contributed by atoms with van der Waals surface area (Å²) in [5, 5.41) is 0. The van der Waals surface area contributed by atoms with Crippen molar-refractivity contribution in [3.8, 4) is 0 Å². The summed E-state index contributed by atoms with van der Waals surface area (Å²) in [4.78, 5) is 0. The minimum absolute atomic E-state index is 1.08. The molecule has 4 unspecified atom stereocenters. The Balaban J connectivity index is 1.60. The summed E-state index contributed by atoms with van der Waals surface area (Å²) in [7, 11) is 0. The lowest BCUT2D eigenvalue weighted by Crippen LogP contribution is -1.86. The van der Waals surface area contributed by atoms with Gasteiger partial charge < -0.3 is 0 Å². The average molecular weight is 152 g/mol. The Hall–Kier alpha value is 0. The maximum Gasteiger partial charge on any atom is -0.0380 e. The maximum atomic E-state index is 2.40. The Morgan fingerprint density at radius 3 is 2.36 bits per heavy atom. The van der Waals surface area contributed by atoms with Gasteiger partial charge >= 0.3 is 0 Å². The minimum Gasteiger partial charge on any atom is -0.0654 e. The third-order valence-electron chi connectivity index (χ3n) is 3.61. The number of rotatable bonds is 4. The van der Waals surface area contributed by atoms with Crippen molar-refractivity contribution in [2.24, 2.45) is 23.7 Å². The van der Waals surface area contributed by atoms with Gasteiger partial charge in [0.15, 0.2) is 0 Å². The van der Waals surface area contributed by atoms with Crippen LogP contribution in [0, 0.1) is 23.7 Å². The fraction of sp³-hybridized carbons (Fsp3) is 1.00. The third kappa shape index (κ3) is 1.77. The molecule has 0 spiro atoms. The first-order chi connectivity index (χ1) is 5.31. The van der Waals surface area contributed by atoms with E-state index < -0.39 is 0 Å². The molecule has 0 aromatic rings. The van der Waals surface area contributed by atoms with E-state index in [1.165, 1.54) is 19.3 Å². The predicted molar refractivity (Wildman–Crippen MR) is 48.4 cm³/mol. The smallest absolute Gasteiger partial charge is 0.0380 e. The van der Waals surface area contributed by atoms with E-state index in [1.54, 1.807) is 12.8 Å². The van der Waals surface area contributed by atoms with Gasteiger partial charge in [-0.3, -0.25) is 0 Å². The van der Waals surface area contributed by atoms with Crippen LogP contribution in [0.3, 0.4) is 0 Å². The zero-order chi connectivity index (χ0) is 7.84. The van der Waals surface area contributed by atoms with Crippen LogP contribution in [0.15, 0.2) is 0 Å². The largest absolute Gasteiger partial charge is 0.0654 e. The lowest BCUT2D eigenvalue weighted by atomic mass is 10.1. The molecular formula is C11H20. The molecule has 2 rings (SSSR count). The second-order valence-corrected chi connectivity index (χ2v) is 4.75. The quantitative estimate of drug-likeness (QED) is 0.578. The van der Waals surface area contributed by atoms with Crippen molar-refractivity contribution >= 4 is 0 Å². The van der Waals surface area contributed by atoms with Crippen molar-refractivity contribution < 1.29 is 0 Å². The molecular weight excluding hydrogens is 132 g/mol. The predicted octanol–water partition coefficient (Wildman–Crippen LogP) is 3.47. The van der Waals surface area contributed by atoms with Gasteiger partial charge in [-0.25, -0.2) is 0 Å². The topological polar surface area (TPSA) is 0 Å². The fourth-order valence-electron chi connectivity index (χ4n) is 2.44. The zero-order valence-electron chi connectivity index (χ0n) is 7.84. The molecule has 0 heteroatoms. The normalized spacial score (nSPS) is 47.5. The van der Waals surface area contributed by atoms with Gasteiger partial charge in [0.05, 0.1) is 0 Å². The first kappa shape index (κ1) is 7.64. The summed E-state index contributed by atoms with van der Waals surface area (Å²) >= 11 is 0. The molecule has 0 aliphatic heterocycles. The second kappa shape index (κ2) is 2.80. The molecule has 11 heavy (non-hydrogen) atoms. The van der Waals surface area contributed by atoms with E-state index in [0.717, 1.165) is 23.7 Å². The zero-order valence-corrected chi connectivity index (χ0v) is 7.84. The summed E-state index contributed by atoms with van der Waals surface area (Å²) in [5.74, 6) is 4.53. The van der Waals surface area contributed by atoms with Gasteiger partial charge in [0, 0.05) is 0 Å². The molecule has 0 radical (unpaired) electrons. The van der Waals surface area contributed by atoms with Crippen molar-refractivity contribution in [2.45, 2.75) is 46.0 Å². The molecule has 0 bridgehead atoms. The molecule has 0 amide bonds. The Labute approximate surface area is 70.4 Å². The van der Waals surface area contributed by atoms with Crippen LogP contribution in [0.5, 0.6) is 0 Å². The molecule has 2 aliphatic rings. The van der Waals surface area contributed by atoms with Crippen LogP contribution < -0.4 is 0 Å². The van der Waals surface area contributed by atoms with Crippen LogP contribution in [-0.4, -0.2) is 0 Å². The highest BCUT2D eigenvalue weighted by Crippen LogP contribution is 2.52. The SMILES string of the molecule is CCCC1CC1CC1CC1C. The van der Waals surface area contributed by atoms with E-state index in [-0.39, 0.29) is 0 Å². The van der Waals surface area contributed by atoms with Crippen molar-refractivity contribution in [3.05, 3.63) is 0 Å². The van der Waals surface area contributed by atoms with Gasteiger partial charge in [0.25, 0.3) is 0 Å². The van der Waals surface area contributed by atoms with Crippen molar-refractivity contribution in [1.82, 2.24) is 0 Å². The first-order valence-electron chi connectivity index (χ1n) is 5.31. The van der Waals surface area contributed by atoms with Crippen LogP contribution in [0.1, 0.15) is 46.0 Å². The molecule has 2 aliphatic carbocycles.